The number of aromatic nitrogens is 1. The van der Waals surface area contributed by atoms with Crippen LogP contribution in [0.2, 0.25) is 5.02 Å². The number of benzene rings is 2. The van der Waals surface area contributed by atoms with Crippen LogP contribution in [-0.4, -0.2) is 12.1 Å². The van der Waals surface area contributed by atoms with Crippen molar-refractivity contribution in [1.29, 1.82) is 0 Å². The predicted octanol–water partition coefficient (Wildman–Crippen LogP) is 4.21. The maximum absolute atomic E-state index is 5.97. The van der Waals surface area contributed by atoms with E-state index in [4.69, 9.17) is 22.1 Å². The lowest BCUT2D eigenvalue weighted by atomic mass is 10.2. The van der Waals surface area contributed by atoms with E-state index < -0.39 is 0 Å². The Bertz CT molecular complexity index is 754. The molecule has 96 valence electrons. The first-order chi connectivity index (χ1) is 9.17. The molecule has 2 aromatic carbocycles. The molecule has 1 aromatic heterocycles. The summed E-state index contributed by atoms with van der Waals surface area (Å²) >= 11 is 7.55. The highest BCUT2D eigenvalue weighted by atomic mass is 35.5. The summed E-state index contributed by atoms with van der Waals surface area (Å²) in [4.78, 5) is 4.60. The van der Waals surface area contributed by atoms with Crippen LogP contribution < -0.4 is 10.5 Å². The second kappa shape index (κ2) is 4.72. The fraction of sp³-hybridized carbons (Fsp3) is 0.0714. The van der Waals surface area contributed by atoms with Gasteiger partial charge in [-0.1, -0.05) is 11.6 Å². The zero-order valence-corrected chi connectivity index (χ0v) is 11.8. The van der Waals surface area contributed by atoms with Gasteiger partial charge in [-0.3, -0.25) is 0 Å². The Morgan fingerprint density at radius 1 is 1.21 bits per heavy atom. The summed E-state index contributed by atoms with van der Waals surface area (Å²) < 4.78 is 6.42. The van der Waals surface area contributed by atoms with Crippen molar-refractivity contribution in [3.05, 3.63) is 41.4 Å². The highest BCUT2D eigenvalue weighted by molar-refractivity contribution is 7.21. The van der Waals surface area contributed by atoms with Gasteiger partial charge in [0.1, 0.15) is 10.8 Å². The summed E-state index contributed by atoms with van der Waals surface area (Å²) in [5.41, 5.74) is 8.40. The molecule has 0 unspecified atom stereocenters. The minimum atomic E-state index is 0.644. The Morgan fingerprint density at radius 2 is 2.05 bits per heavy atom. The molecule has 0 spiro atoms. The van der Waals surface area contributed by atoms with E-state index in [-0.39, 0.29) is 0 Å². The quantitative estimate of drug-likeness (QED) is 0.719. The topological polar surface area (TPSA) is 48.1 Å². The molecule has 0 saturated carbocycles. The molecule has 0 aliphatic carbocycles. The number of hydrogen-bond acceptors (Lipinski definition) is 4. The molecule has 3 nitrogen and oxygen atoms in total. The predicted molar refractivity (Wildman–Crippen MR) is 81.0 cm³/mol. The van der Waals surface area contributed by atoms with Crippen LogP contribution in [0.25, 0.3) is 20.8 Å². The monoisotopic (exact) mass is 290 g/mol. The number of nitrogens with two attached hydrogens (primary N) is 1. The van der Waals surface area contributed by atoms with Crippen molar-refractivity contribution in [2.75, 3.05) is 12.8 Å². The molecule has 0 amide bonds. The van der Waals surface area contributed by atoms with Crippen molar-refractivity contribution < 1.29 is 4.74 Å². The number of methoxy groups -OCH3 is 1. The van der Waals surface area contributed by atoms with Crippen molar-refractivity contribution >= 4 is 38.8 Å². The first-order valence-corrected chi connectivity index (χ1v) is 6.87. The van der Waals surface area contributed by atoms with Gasteiger partial charge in [0.2, 0.25) is 0 Å². The third-order valence-corrected chi connectivity index (χ3v) is 4.09. The maximum atomic E-state index is 5.97. The van der Waals surface area contributed by atoms with Crippen molar-refractivity contribution in [2.24, 2.45) is 0 Å². The minimum absolute atomic E-state index is 0.644. The van der Waals surface area contributed by atoms with Crippen LogP contribution in [0.1, 0.15) is 0 Å². The number of nitrogens with zero attached hydrogens (tertiary/aromatic N) is 1. The normalized spacial score (nSPS) is 10.8. The van der Waals surface area contributed by atoms with Crippen LogP contribution in [0.4, 0.5) is 5.69 Å². The van der Waals surface area contributed by atoms with E-state index in [0.29, 0.717) is 5.02 Å². The van der Waals surface area contributed by atoms with Gasteiger partial charge in [0.25, 0.3) is 0 Å². The van der Waals surface area contributed by atoms with Gasteiger partial charge in [-0.25, -0.2) is 4.98 Å². The van der Waals surface area contributed by atoms with E-state index in [1.165, 1.54) is 0 Å². The number of thiazole rings is 1. The Kier molecular flexibility index (Phi) is 3.05. The zero-order valence-electron chi connectivity index (χ0n) is 10.2. The van der Waals surface area contributed by atoms with Gasteiger partial charge < -0.3 is 10.5 Å². The van der Waals surface area contributed by atoms with Crippen LogP contribution in [0, 0.1) is 0 Å². The number of nitrogen functional groups attached to an aromatic ring is 1. The standard InChI is InChI=1S/C14H11ClN2OS/c1-18-12-6-8(15)2-4-10(12)14-17-11-5-3-9(16)7-13(11)19-14/h2-7H,16H2,1H3. The fourth-order valence-corrected chi connectivity index (χ4v) is 3.10. The smallest absolute Gasteiger partial charge is 0.130 e. The highest BCUT2D eigenvalue weighted by Gasteiger charge is 2.11. The molecule has 0 bridgehead atoms. The van der Waals surface area contributed by atoms with Crippen LogP contribution >= 0.6 is 22.9 Å². The van der Waals surface area contributed by atoms with Crippen molar-refractivity contribution in [3.63, 3.8) is 0 Å². The van der Waals surface area contributed by atoms with Crippen molar-refractivity contribution in [3.8, 4) is 16.3 Å². The summed E-state index contributed by atoms with van der Waals surface area (Å²) in [7, 11) is 1.63. The van der Waals surface area contributed by atoms with E-state index in [9.17, 15) is 0 Å². The van der Waals surface area contributed by atoms with Gasteiger partial charge >= 0.3 is 0 Å². The molecule has 0 fully saturated rings. The van der Waals surface area contributed by atoms with Crippen LogP contribution in [0.15, 0.2) is 36.4 Å². The van der Waals surface area contributed by atoms with E-state index in [2.05, 4.69) is 4.98 Å². The van der Waals surface area contributed by atoms with Crippen LogP contribution in [0.3, 0.4) is 0 Å². The van der Waals surface area contributed by atoms with Crippen molar-refractivity contribution in [1.82, 2.24) is 4.98 Å². The second-order valence-electron chi connectivity index (χ2n) is 4.09. The number of ether oxygens (including phenoxy) is 1. The minimum Gasteiger partial charge on any atom is -0.496 e. The first kappa shape index (κ1) is 12.3. The summed E-state index contributed by atoms with van der Waals surface area (Å²) in [5.74, 6) is 0.722. The molecule has 1 heterocycles. The molecule has 0 aliphatic heterocycles. The molecule has 3 rings (SSSR count). The maximum Gasteiger partial charge on any atom is 0.130 e. The molecule has 2 N–H and O–H groups in total. The summed E-state index contributed by atoms with van der Waals surface area (Å²) in [6, 6.07) is 11.2. The molecule has 0 radical (unpaired) electrons. The second-order valence-corrected chi connectivity index (χ2v) is 5.56. The molecule has 19 heavy (non-hydrogen) atoms. The van der Waals surface area contributed by atoms with Crippen LogP contribution in [-0.2, 0) is 0 Å². The van der Waals surface area contributed by atoms with Gasteiger partial charge in [-0.05, 0) is 36.4 Å². The molecule has 0 saturated heterocycles. The number of hydrogen-bond donors (Lipinski definition) is 1. The van der Waals surface area contributed by atoms with E-state index in [1.807, 2.05) is 30.3 Å². The van der Waals surface area contributed by atoms with Crippen LogP contribution in [0.5, 0.6) is 5.75 Å². The Morgan fingerprint density at radius 3 is 2.84 bits per heavy atom. The van der Waals surface area contributed by atoms with Gasteiger partial charge in [0.15, 0.2) is 0 Å². The number of rotatable bonds is 2. The first-order valence-electron chi connectivity index (χ1n) is 5.67. The van der Waals surface area contributed by atoms with E-state index in [0.717, 1.165) is 32.2 Å². The highest BCUT2D eigenvalue weighted by Crippen LogP contribution is 2.37. The molecule has 5 heteroatoms. The Labute approximate surface area is 119 Å². The average Bonchev–Trinajstić information content (AvgIpc) is 2.81. The van der Waals surface area contributed by atoms with Crippen molar-refractivity contribution in [2.45, 2.75) is 0 Å². The Balaban J connectivity index is 2.18. The van der Waals surface area contributed by atoms with E-state index in [1.54, 1.807) is 24.5 Å². The molecular formula is C14H11ClN2OS. The largest absolute Gasteiger partial charge is 0.496 e. The SMILES string of the molecule is COc1cc(Cl)ccc1-c1nc2ccc(N)cc2s1. The summed E-state index contributed by atoms with van der Waals surface area (Å²) in [6.07, 6.45) is 0. The van der Waals surface area contributed by atoms with Gasteiger partial charge in [-0.15, -0.1) is 11.3 Å². The number of anilines is 1. The molecule has 3 aromatic rings. The third-order valence-electron chi connectivity index (χ3n) is 2.81. The fourth-order valence-electron chi connectivity index (χ4n) is 1.90. The number of halogens is 1. The average molecular weight is 291 g/mol. The van der Waals surface area contributed by atoms with Gasteiger partial charge in [-0.2, -0.15) is 0 Å². The molecular weight excluding hydrogens is 280 g/mol. The van der Waals surface area contributed by atoms with E-state index >= 15 is 0 Å². The molecule has 0 aliphatic rings. The lowest BCUT2D eigenvalue weighted by Crippen LogP contribution is -1.87. The van der Waals surface area contributed by atoms with Gasteiger partial charge in [0, 0.05) is 10.7 Å². The lowest BCUT2D eigenvalue weighted by molar-refractivity contribution is 0.416. The van der Waals surface area contributed by atoms with Gasteiger partial charge in [0.05, 0.1) is 22.9 Å². The number of fused-ring (bicyclic) bond motifs is 1. The lowest BCUT2D eigenvalue weighted by Gasteiger charge is -2.05. The third kappa shape index (κ3) is 2.25. The molecule has 0 atom stereocenters. The summed E-state index contributed by atoms with van der Waals surface area (Å²) in [5, 5.41) is 1.54. The Hall–Kier alpha value is -1.78. The zero-order chi connectivity index (χ0) is 13.4. The summed E-state index contributed by atoms with van der Waals surface area (Å²) in [6.45, 7) is 0.